The predicted octanol–water partition coefficient (Wildman–Crippen LogP) is 4.58. The van der Waals surface area contributed by atoms with Crippen molar-refractivity contribution < 1.29 is 0 Å². The fourth-order valence-electron chi connectivity index (χ4n) is 1.79. The van der Waals surface area contributed by atoms with Gasteiger partial charge < -0.3 is 0 Å². The summed E-state index contributed by atoms with van der Waals surface area (Å²) in [6, 6.07) is 0. The molecule has 0 aliphatic rings. The third-order valence-electron chi connectivity index (χ3n) is 2.59. The molecule has 13 heavy (non-hydrogen) atoms. The normalized spacial score (nSPS) is 14.9. The molecule has 0 saturated carbocycles. The Labute approximate surface area is 83.7 Å². The largest absolute Gasteiger partial charge is 0.103 e. The van der Waals surface area contributed by atoms with Crippen LogP contribution in [0.1, 0.15) is 46.0 Å². The Hall–Kier alpha value is -0.520. The maximum Gasteiger partial charge on any atom is -0.0231 e. The second kappa shape index (κ2) is 8.10. The van der Waals surface area contributed by atoms with Crippen LogP contribution in [-0.4, -0.2) is 0 Å². The number of rotatable bonds is 8. The predicted molar refractivity (Wildman–Crippen MR) is 61.8 cm³/mol. The first-order valence-electron chi connectivity index (χ1n) is 5.53. The second-order valence-electron chi connectivity index (χ2n) is 3.80. The average Bonchev–Trinajstić information content (AvgIpc) is 2.16. The monoisotopic (exact) mass is 180 g/mol. The zero-order chi connectivity index (χ0) is 10.1. The molecule has 0 fully saturated rings. The van der Waals surface area contributed by atoms with Crippen LogP contribution < -0.4 is 0 Å². The molecule has 0 nitrogen and oxygen atoms in total. The highest BCUT2D eigenvalue weighted by atomic mass is 14.1. The molecule has 0 N–H and O–H groups in total. The van der Waals surface area contributed by atoms with E-state index in [1.165, 1.54) is 32.1 Å². The van der Waals surface area contributed by atoms with Gasteiger partial charge in [0.1, 0.15) is 0 Å². The van der Waals surface area contributed by atoms with E-state index in [0.717, 1.165) is 0 Å². The first-order valence-corrected chi connectivity index (χ1v) is 5.53. The van der Waals surface area contributed by atoms with Crippen LogP contribution in [0.3, 0.4) is 0 Å². The Bertz CT molecular complexity index is 119. The zero-order valence-electron chi connectivity index (χ0n) is 9.26. The van der Waals surface area contributed by atoms with Gasteiger partial charge in [-0.05, 0) is 31.1 Å². The molecule has 0 bridgehead atoms. The molecule has 0 spiro atoms. The number of allylic oxidation sites excluding steroid dienone is 2. The zero-order valence-corrected chi connectivity index (χ0v) is 9.26. The van der Waals surface area contributed by atoms with E-state index in [2.05, 4.69) is 39.2 Å². The first-order chi connectivity index (χ1) is 6.28. The van der Waals surface area contributed by atoms with Crippen molar-refractivity contribution in [1.82, 2.24) is 0 Å². The van der Waals surface area contributed by atoms with Gasteiger partial charge in [-0.2, -0.15) is 0 Å². The third-order valence-corrected chi connectivity index (χ3v) is 2.59. The Morgan fingerprint density at radius 3 is 1.54 bits per heavy atom. The van der Waals surface area contributed by atoms with Gasteiger partial charge in [0.25, 0.3) is 0 Å². The van der Waals surface area contributed by atoms with Crippen molar-refractivity contribution in [3.05, 3.63) is 25.3 Å². The molecular weight excluding hydrogens is 156 g/mol. The summed E-state index contributed by atoms with van der Waals surface area (Å²) in [6.07, 6.45) is 10.5. The molecule has 0 aromatic heterocycles. The molecule has 0 aliphatic carbocycles. The quantitative estimate of drug-likeness (QED) is 0.480. The summed E-state index contributed by atoms with van der Waals surface area (Å²) in [4.78, 5) is 0. The van der Waals surface area contributed by atoms with Crippen LogP contribution in [0.2, 0.25) is 0 Å². The number of hydrogen-bond donors (Lipinski definition) is 0. The lowest BCUT2D eigenvalue weighted by molar-refractivity contribution is 0.433. The van der Waals surface area contributed by atoms with E-state index in [1.54, 1.807) is 0 Å². The van der Waals surface area contributed by atoms with E-state index in [0.29, 0.717) is 11.8 Å². The van der Waals surface area contributed by atoms with E-state index in [9.17, 15) is 0 Å². The van der Waals surface area contributed by atoms with Crippen LogP contribution in [0.4, 0.5) is 0 Å². The molecule has 0 heteroatoms. The molecule has 2 unspecified atom stereocenters. The molecule has 76 valence electrons. The van der Waals surface area contributed by atoms with E-state index >= 15 is 0 Å². The van der Waals surface area contributed by atoms with Gasteiger partial charge in [-0.25, -0.2) is 0 Å². The maximum absolute atomic E-state index is 3.89. The Kier molecular flexibility index (Phi) is 7.77. The van der Waals surface area contributed by atoms with Gasteiger partial charge in [-0.3, -0.25) is 0 Å². The van der Waals surface area contributed by atoms with Crippen LogP contribution in [0.25, 0.3) is 0 Å². The van der Waals surface area contributed by atoms with Crippen molar-refractivity contribution in [2.45, 2.75) is 46.0 Å². The van der Waals surface area contributed by atoms with Crippen molar-refractivity contribution in [3.63, 3.8) is 0 Å². The molecule has 0 aromatic carbocycles. The summed E-state index contributed by atoms with van der Waals surface area (Å²) >= 11 is 0. The second-order valence-corrected chi connectivity index (χ2v) is 3.80. The molecule has 2 atom stereocenters. The van der Waals surface area contributed by atoms with Gasteiger partial charge in [0.2, 0.25) is 0 Å². The van der Waals surface area contributed by atoms with Crippen LogP contribution in [0.15, 0.2) is 25.3 Å². The van der Waals surface area contributed by atoms with Gasteiger partial charge in [0.05, 0.1) is 0 Å². The Morgan fingerprint density at radius 2 is 1.31 bits per heavy atom. The van der Waals surface area contributed by atoms with Crippen molar-refractivity contribution in [2.75, 3.05) is 0 Å². The summed E-state index contributed by atoms with van der Waals surface area (Å²) in [6.45, 7) is 12.3. The topological polar surface area (TPSA) is 0 Å². The van der Waals surface area contributed by atoms with Crippen LogP contribution in [-0.2, 0) is 0 Å². The number of hydrogen-bond acceptors (Lipinski definition) is 0. The van der Waals surface area contributed by atoms with Crippen molar-refractivity contribution in [3.8, 4) is 0 Å². The molecule has 0 amide bonds. The minimum Gasteiger partial charge on any atom is -0.103 e. The highest BCUT2D eigenvalue weighted by molar-refractivity contribution is 4.86. The molecular formula is C13H24. The molecule has 0 heterocycles. The van der Waals surface area contributed by atoms with E-state index in [4.69, 9.17) is 0 Å². The molecule has 0 saturated heterocycles. The van der Waals surface area contributed by atoms with E-state index < -0.39 is 0 Å². The van der Waals surface area contributed by atoms with Gasteiger partial charge in [0.15, 0.2) is 0 Å². The maximum atomic E-state index is 3.89. The van der Waals surface area contributed by atoms with Gasteiger partial charge in [-0.1, -0.05) is 38.8 Å². The summed E-state index contributed by atoms with van der Waals surface area (Å²) in [7, 11) is 0. The van der Waals surface area contributed by atoms with Crippen LogP contribution in [0, 0.1) is 11.8 Å². The summed E-state index contributed by atoms with van der Waals surface area (Å²) < 4.78 is 0. The van der Waals surface area contributed by atoms with Gasteiger partial charge in [0, 0.05) is 0 Å². The summed E-state index contributed by atoms with van der Waals surface area (Å²) in [5.41, 5.74) is 0. The highest BCUT2D eigenvalue weighted by Crippen LogP contribution is 2.22. The van der Waals surface area contributed by atoms with E-state index in [1.807, 2.05) is 0 Å². The van der Waals surface area contributed by atoms with Gasteiger partial charge in [-0.15, -0.1) is 13.2 Å². The Balaban J connectivity index is 3.86. The lowest BCUT2D eigenvalue weighted by Crippen LogP contribution is -2.04. The third kappa shape index (κ3) is 5.68. The lowest BCUT2D eigenvalue weighted by atomic mass is 9.89. The standard InChI is InChI=1S/C13H24/c1-5-9-12(7-3)11-13(8-4)10-6-2/h7-8,12-13H,3-6,9-11H2,1-2H3. The minimum absolute atomic E-state index is 0.694. The highest BCUT2D eigenvalue weighted by Gasteiger charge is 2.09. The summed E-state index contributed by atoms with van der Waals surface area (Å²) in [5.74, 6) is 1.39. The van der Waals surface area contributed by atoms with Gasteiger partial charge >= 0.3 is 0 Å². The van der Waals surface area contributed by atoms with E-state index in [-0.39, 0.29) is 0 Å². The fraction of sp³-hybridized carbons (Fsp3) is 0.692. The molecule has 0 aliphatic heterocycles. The Morgan fingerprint density at radius 1 is 0.923 bits per heavy atom. The average molecular weight is 180 g/mol. The molecule has 0 rings (SSSR count). The minimum atomic E-state index is 0.694. The van der Waals surface area contributed by atoms with Crippen LogP contribution in [0.5, 0.6) is 0 Å². The lowest BCUT2D eigenvalue weighted by Gasteiger charge is -2.17. The smallest absolute Gasteiger partial charge is 0.0231 e. The van der Waals surface area contributed by atoms with Crippen molar-refractivity contribution in [2.24, 2.45) is 11.8 Å². The SMILES string of the molecule is C=CC(CCC)CC(C=C)CCC. The fourth-order valence-corrected chi connectivity index (χ4v) is 1.79. The van der Waals surface area contributed by atoms with Crippen LogP contribution >= 0.6 is 0 Å². The van der Waals surface area contributed by atoms with Crippen molar-refractivity contribution in [1.29, 1.82) is 0 Å². The molecule has 0 radical (unpaired) electrons. The van der Waals surface area contributed by atoms with Crippen molar-refractivity contribution >= 4 is 0 Å². The summed E-state index contributed by atoms with van der Waals surface area (Å²) in [5, 5.41) is 0. The molecule has 0 aromatic rings. The first kappa shape index (κ1) is 12.5.